The van der Waals surface area contributed by atoms with E-state index < -0.39 is 5.41 Å². The van der Waals surface area contributed by atoms with Gasteiger partial charge < -0.3 is 21.3 Å². The third-order valence-electron chi connectivity index (χ3n) is 4.37. The zero-order chi connectivity index (χ0) is 22.3. The van der Waals surface area contributed by atoms with Crippen molar-refractivity contribution in [2.45, 2.75) is 41.0 Å². The van der Waals surface area contributed by atoms with Crippen molar-refractivity contribution in [2.75, 3.05) is 27.8 Å². The first-order valence-electron chi connectivity index (χ1n) is 9.94. The van der Waals surface area contributed by atoms with Gasteiger partial charge in [0.2, 0.25) is 17.7 Å². The normalized spacial score (nSPS) is 10.8. The van der Waals surface area contributed by atoms with Crippen molar-refractivity contribution in [3.63, 3.8) is 0 Å². The molecule has 0 radical (unpaired) electrons. The van der Waals surface area contributed by atoms with E-state index in [1.807, 2.05) is 39.8 Å². The number of amides is 3. The molecule has 0 heterocycles. The molecule has 0 saturated carbocycles. The molecule has 0 aliphatic heterocycles. The highest BCUT2D eigenvalue weighted by Crippen LogP contribution is 2.21. The van der Waals surface area contributed by atoms with Crippen LogP contribution in [0, 0.1) is 12.3 Å². The quantitative estimate of drug-likeness (QED) is 0.544. The Morgan fingerprint density at radius 1 is 0.833 bits per heavy atom. The molecule has 0 aliphatic rings. The summed E-state index contributed by atoms with van der Waals surface area (Å²) in [6.45, 7) is 9.27. The summed E-state index contributed by atoms with van der Waals surface area (Å²) in [4.78, 5) is 36.1. The van der Waals surface area contributed by atoms with Gasteiger partial charge in [0.1, 0.15) is 0 Å². The van der Waals surface area contributed by atoms with Gasteiger partial charge in [0.25, 0.3) is 0 Å². The average Bonchev–Trinajstić information content (AvgIpc) is 2.68. The molecular formula is C23H30N4O3. The standard InChI is InChI=1S/C23H30N4O3/c1-6-20(28)27-19-13-16(11-10-15(19)2)24-14-21(29)25-17-8-7-9-18(12-17)26-22(30)23(3,4)5/h7-13,24H,6,14H2,1-5H3,(H,25,29)(H,26,30)(H,27,28). The molecule has 2 rings (SSSR count). The van der Waals surface area contributed by atoms with Crippen molar-refractivity contribution < 1.29 is 14.4 Å². The van der Waals surface area contributed by atoms with E-state index in [9.17, 15) is 14.4 Å². The summed E-state index contributed by atoms with van der Waals surface area (Å²) in [5.74, 6) is -0.390. The van der Waals surface area contributed by atoms with Gasteiger partial charge in [-0.2, -0.15) is 0 Å². The lowest BCUT2D eigenvalue weighted by atomic mass is 9.95. The Morgan fingerprint density at radius 3 is 2.13 bits per heavy atom. The van der Waals surface area contributed by atoms with Crippen molar-refractivity contribution >= 4 is 40.5 Å². The van der Waals surface area contributed by atoms with Crippen LogP contribution in [-0.2, 0) is 14.4 Å². The smallest absolute Gasteiger partial charge is 0.243 e. The molecule has 2 aromatic carbocycles. The molecule has 7 nitrogen and oxygen atoms in total. The van der Waals surface area contributed by atoms with Gasteiger partial charge in [-0.1, -0.05) is 39.8 Å². The largest absolute Gasteiger partial charge is 0.376 e. The van der Waals surface area contributed by atoms with Crippen molar-refractivity contribution in [1.29, 1.82) is 0 Å². The highest BCUT2D eigenvalue weighted by Gasteiger charge is 2.21. The Bertz CT molecular complexity index is 932. The highest BCUT2D eigenvalue weighted by molar-refractivity contribution is 5.97. The molecule has 0 aliphatic carbocycles. The lowest BCUT2D eigenvalue weighted by Crippen LogP contribution is -2.27. The van der Waals surface area contributed by atoms with E-state index >= 15 is 0 Å². The molecule has 0 unspecified atom stereocenters. The van der Waals surface area contributed by atoms with Crippen LogP contribution >= 0.6 is 0 Å². The summed E-state index contributed by atoms with van der Waals surface area (Å²) in [7, 11) is 0. The van der Waals surface area contributed by atoms with Gasteiger partial charge in [-0.3, -0.25) is 14.4 Å². The summed E-state index contributed by atoms with van der Waals surface area (Å²) in [5, 5.41) is 11.6. The van der Waals surface area contributed by atoms with Crippen LogP contribution in [0.4, 0.5) is 22.7 Å². The number of benzene rings is 2. The summed E-state index contributed by atoms with van der Waals surface area (Å²) >= 11 is 0. The maximum atomic E-state index is 12.3. The molecule has 0 saturated heterocycles. The van der Waals surface area contributed by atoms with E-state index in [1.54, 1.807) is 37.3 Å². The predicted octanol–water partition coefficient (Wildman–Crippen LogP) is 4.38. The molecule has 4 N–H and O–H groups in total. The number of nitrogens with one attached hydrogen (secondary N) is 4. The Hall–Kier alpha value is -3.35. The summed E-state index contributed by atoms with van der Waals surface area (Å²) < 4.78 is 0. The average molecular weight is 411 g/mol. The Kier molecular flexibility index (Phi) is 7.58. The topological polar surface area (TPSA) is 99.3 Å². The lowest BCUT2D eigenvalue weighted by Gasteiger charge is -2.18. The van der Waals surface area contributed by atoms with Gasteiger partial charge in [0.15, 0.2) is 0 Å². The molecule has 0 fully saturated rings. The van der Waals surface area contributed by atoms with Crippen LogP contribution in [0.1, 0.15) is 39.7 Å². The van der Waals surface area contributed by atoms with E-state index in [1.165, 1.54) is 0 Å². The Balaban J connectivity index is 1.95. The second-order valence-corrected chi connectivity index (χ2v) is 8.12. The van der Waals surface area contributed by atoms with Crippen molar-refractivity contribution in [1.82, 2.24) is 0 Å². The third kappa shape index (κ3) is 6.92. The van der Waals surface area contributed by atoms with Gasteiger partial charge >= 0.3 is 0 Å². The van der Waals surface area contributed by atoms with Gasteiger partial charge in [-0.25, -0.2) is 0 Å². The van der Waals surface area contributed by atoms with Gasteiger partial charge in [-0.15, -0.1) is 0 Å². The number of hydrogen-bond acceptors (Lipinski definition) is 4. The minimum Gasteiger partial charge on any atom is -0.376 e. The summed E-state index contributed by atoms with van der Waals surface area (Å²) in [6.07, 6.45) is 0.398. The molecule has 0 aromatic heterocycles. The van der Waals surface area contributed by atoms with Crippen LogP contribution in [0.3, 0.4) is 0 Å². The van der Waals surface area contributed by atoms with Crippen LogP contribution in [0.5, 0.6) is 0 Å². The lowest BCUT2D eigenvalue weighted by molar-refractivity contribution is -0.123. The number of hydrogen-bond donors (Lipinski definition) is 4. The molecule has 160 valence electrons. The van der Waals surface area contributed by atoms with E-state index in [-0.39, 0.29) is 24.3 Å². The van der Waals surface area contributed by atoms with Crippen LogP contribution in [0.15, 0.2) is 42.5 Å². The second-order valence-electron chi connectivity index (χ2n) is 8.12. The van der Waals surface area contributed by atoms with Crippen molar-refractivity contribution in [3.8, 4) is 0 Å². The molecule has 7 heteroatoms. The zero-order valence-corrected chi connectivity index (χ0v) is 18.2. The maximum Gasteiger partial charge on any atom is 0.243 e. The monoisotopic (exact) mass is 410 g/mol. The highest BCUT2D eigenvalue weighted by atomic mass is 16.2. The fourth-order valence-electron chi connectivity index (χ4n) is 2.49. The minimum absolute atomic E-state index is 0.0583. The first-order chi connectivity index (χ1) is 14.1. The predicted molar refractivity (Wildman–Crippen MR) is 122 cm³/mol. The molecule has 0 bridgehead atoms. The number of carbonyl (C=O) groups is 3. The fourth-order valence-corrected chi connectivity index (χ4v) is 2.49. The van der Waals surface area contributed by atoms with E-state index in [0.29, 0.717) is 17.8 Å². The van der Waals surface area contributed by atoms with Crippen LogP contribution in [0.2, 0.25) is 0 Å². The summed E-state index contributed by atoms with van der Waals surface area (Å²) in [6, 6.07) is 12.6. The number of anilines is 4. The zero-order valence-electron chi connectivity index (χ0n) is 18.2. The molecule has 3 amide bonds. The van der Waals surface area contributed by atoms with Gasteiger partial charge in [0.05, 0.1) is 6.54 Å². The number of carbonyl (C=O) groups excluding carboxylic acids is 3. The molecule has 0 atom stereocenters. The Labute approximate surface area is 177 Å². The molecular weight excluding hydrogens is 380 g/mol. The maximum absolute atomic E-state index is 12.3. The first kappa shape index (κ1) is 22.9. The van der Waals surface area contributed by atoms with E-state index in [4.69, 9.17) is 0 Å². The van der Waals surface area contributed by atoms with Gasteiger partial charge in [-0.05, 0) is 42.8 Å². The van der Waals surface area contributed by atoms with Crippen molar-refractivity contribution in [2.24, 2.45) is 5.41 Å². The number of aryl methyl sites for hydroxylation is 1. The Morgan fingerprint density at radius 2 is 1.50 bits per heavy atom. The molecule has 30 heavy (non-hydrogen) atoms. The number of rotatable bonds is 7. The van der Waals surface area contributed by atoms with Crippen LogP contribution < -0.4 is 21.3 Å². The van der Waals surface area contributed by atoms with Crippen LogP contribution in [0.25, 0.3) is 0 Å². The van der Waals surface area contributed by atoms with Gasteiger partial charge in [0, 0.05) is 34.6 Å². The molecule has 2 aromatic rings. The van der Waals surface area contributed by atoms with E-state index in [0.717, 1.165) is 16.9 Å². The SMILES string of the molecule is CCC(=O)Nc1cc(NCC(=O)Nc2cccc(NC(=O)C(C)(C)C)c2)ccc1C. The molecule has 0 spiro atoms. The summed E-state index contributed by atoms with van der Waals surface area (Å²) in [5.41, 5.74) is 3.10. The minimum atomic E-state index is -0.507. The third-order valence-corrected chi connectivity index (χ3v) is 4.37. The van der Waals surface area contributed by atoms with E-state index in [2.05, 4.69) is 21.3 Å². The van der Waals surface area contributed by atoms with Crippen molar-refractivity contribution in [3.05, 3.63) is 48.0 Å². The first-order valence-corrected chi connectivity index (χ1v) is 9.94. The van der Waals surface area contributed by atoms with Crippen LogP contribution in [-0.4, -0.2) is 24.3 Å². The second kappa shape index (κ2) is 9.91. The fraction of sp³-hybridized carbons (Fsp3) is 0.348.